The second kappa shape index (κ2) is 4.34. The molecule has 0 nitrogen and oxygen atoms in total. The van der Waals surface area contributed by atoms with Crippen LogP contribution in [0.3, 0.4) is 0 Å². The highest BCUT2D eigenvalue weighted by atomic mass is 28.3. The number of hydrogen-bond donors (Lipinski definition) is 0. The molecule has 23 heavy (non-hydrogen) atoms. The van der Waals surface area contributed by atoms with Crippen molar-refractivity contribution in [2.75, 3.05) is 0 Å². The van der Waals surface area contributed by atoms with Gasteiger partial charge in [0, 0.05) is 0 Å². The Labute approximate surface area is 144 Å². The fraction of sp³-hybridized carbons (Fsp3) is 0.727. The topological polar surface area (TPSA) is 0 Å². The quantitative estimate of drug-likeness (QED) is 0.537. The highest BCUT2D eigenvalue weighted by molar-refractivity contribution is 6.92. The molecule has 0 fully saturated rings. The van der Waals surface area contributed by atoms with Crippen LogP contribution in [0.25, 0.3) is 0 Å². The maximum atomic E-state index is 2.71. The van der Waals surface area contributed by atoms with Gasteiger partial charge in [-0.05, 0) is 71.1 Å². The van der Waals surface area contributed by atoms with E-state index in [1.54, 1.807) is 16.7 Å². The number of benzene rings is 1. The maximum absolute atomic E-state index is 2.71. The zero-order chi connectivity index (χ0) is 16.8. The molecule has 2 unspecified atom stereocenters. The van der Waals surface area contributed by atoms with Crippen molar-refractivity contribution < 1.29 is 0 Å². The highest BCUT2D eigenvalue weighted by Gasteiger charge is 2.53. The van der Waals surface area contributed by atoms with Gasteiger partial charge in [-0.15, -0.1) is 0 Å². The summed E-state index contributed by atoms with van der Waals surface area (Å²) in [6.45, 7) is 17.7. The average Bonchev–Trinajstić information content (AvgIpc) is 2.45. The molecule has 2 aliphatic heterocycles. The van der Waals surface area contributed by atoms with Crippen LogP contribution in [0.5, 0.6) is 0 Å². The summed E-state index contributed by atoms with van der Waals surface area (Å²) in [4.78, 5) is 0. The van der Waals surface area contributed by atoms with Gasteiger partial charge in [0.1, 0.15) is 0 Å². The van der Waals surface area contributed by atoms with Crippen molar-refractivity contribution in [3.63, 3.8) is 0 Å². The monoisotopic (exact) mass is 326 g/mol. The van der Waals surface area contributed by atoms with Gasteiger partial charge in [0.2, 0.25) is 0 Å². The molecule has 1 heteroatoms. The summed E-state index contributed by atoms with van der Waals surface area (Å²) in [6, 6.07) is 5.67. The minimum atomic E-state index is -1.27. The molecule has 126 valence electrons. The summed E-state index contributed by atoms with van der Waals surface area (Å²) >= 11 is 0. The van der Waals surface area contributed by atoms with Gasteiger partial charge in [-0.3, -0.25) is 0 Å². The van der Waals surface area contributed by atoms with Crippen LogP contribution < -0.4 is 5.19 Å². The fourth-order valence-electron chi connectivity index (χ4n) is 6.19. The van der Waals surface area contributed by atoms with Crippen LogP contribution >= 0.6 is 0 Å². The van der Waals surface area contributed by atoms with Crippen molar-refractivity contribution in [3.8, 4) is 0 Å². The highest BCUT2D eigenvalue weighted by Crippen LogP contribution is 2.55. The molecule has 2 atom stereocenters. The lowest BCUT2D eigenvalue weighted by molar-refractivity contribution is 0.299. The Balaban J connectivity index is 2.16. The van der Waals surface area contributed by atoms with Crippen LogP contribution in [-0.2, 0) is 16.2 Å². The molecule has 0 radical (unpaired) electrons. The number of rotatable bonds is 0. The minimum absolute atomic E-state index is 0.363. The van der Waals surface area contributed by atoms with E-state index in [1.165, 1.54) is 37.8 Å². The van der Waals surface area contributed by atoms with Crippen LogP contribution in [0.4, 0.5) is 0 Å². The Bertz CT molecular complexity index is 696. The molecule has 1 aliphatic carbocycles. The molecule has 1 aromatic rings. The van der Waals surface area contributed by atoms with Crippen molar-refractivity contribution in [1.29, 1.82) is 0 Å². The molecule has 0 saturated carbocycles. The lowest BCUT2D eigenvalue weighted by atomic mass is 9.59. The first-order chi connectivity index (χ1) is 10.5. The summed E-state index contributed by atoms with van der Waals surface area (Å²) in [5.74, 6) is 0. The van der Waals surface area contributed by atoms with Gasteiger partial charge in [-0.25, -0.2) is 0 Å². The second-order valence-corrected chi connectivity index (χ2v) is 15.4. The van der Waals surface area contributed by atoms with Crippen molar-refractivity contribution in [1.82, 2.24) is 0 Å². The van der Waals surface area contributed by atoms with E-state index in [4.69, 9.17) is 0 Å². The van der Waals surface area contributed by atoms with Crippen LogP contribution in [0.2, 0.25) is 18.6 Å². The second-order valence-electron chi connectivity index (χ2n) is 10.8. The summed E-state index contributed by atoms with van der Waals surface area (Å²) in [5.41, 5.74) is 8.14. The van der Waals surface area contributed by atoms with Gasteiger partial charge in [-0.2, -0.15) is 0 Å². The molecular weight excluding hydrogens is 292 g/mol. The summed E-state index contributed by atoms with van der Waals surface area (Å²) < 4.78 is 0. The Morgan fingerprint density at radius 2 is 1.48 bits per heavy atom. The molecule has 0 N–H and O–H groups in total. The molecule has 4 rings (SSSR count). The van der Waals surface area contributed by atoms with E-state index in [2.05, 4.69) is 54.2 Å². The molecule has 0 bridgehead atoms. The maximum Gasteiger partial charge on any atom is 0.0845 e. The van der Waals surface area contributed by atoms with Gasteiger partial charge in [0.15, 0.2) is 0 Å². The third-order valence-electron chi connectivity index (χ3n) is 7.97. The van der Waals surface area contributed by atoms with Gasteiger partial charge in [-0.1, -0.05) is 64.5 Å². The first-order valence-electron chi connectivity index (χ1n) is 9.70. The molecule has 0 saturated heterocycles. The van der Waals surface area contributed by atoms with Crippen LogP contribution in [0.15, 0.2) is 6.07 Å². The van der Waals surface area contributed by atoms with Crippen molar-refractivity contribution >= 4 is 13.3 Å². The van der Waals surface area contributed by atoms with Gasteiger partial charge in [0.25, 0.3) is 0 Å². The fourth-order valence-corrected chi connectivity index (χ4v) is 11.3. The number of aryl methyl sites for hydroxylation is 1. The van der Waals surface area contributed by atoms with E-state index in [1.807, 2.05) is 10.8 Å². The Morgan fingerprint density at radius 1 is 0.826 bits per heavy atom. The molecule has 3 aliphatic rings. The Hall–Kier alpha value is -0.563. The molecule has 0 amide bonds. The SMILES string of the molecule is Cc1cc2c3c4c1C(C)(C)CCC4(C)CC[Si]3(C)CCC2(C)C. The molecule has 1 aromatic carbocycles. The van der Waals surface area contributed by atoms with E-state index >= 15 is 0 Å². The van der Waals surface area contributed by atoms with Crippen LogP contribution in [0.1, 0.15) is 82.6 Å². The van der Waals surface area contributed by atoms with E-state index in [0.29, 0.717) is 16.2 Å². The van der Waals surface area contributed by atoms with Crippen molar-refractivity contribution in [2.24, 2.45) is 0 Å². The van der Waals surface area contributed by atoms with Crippen molar-refractivity contribution in [2.45, 2.75) is 102 Å². The zero-order valence-electron chi connectivity index (χ0n) is 16.3. The molecule has 2 heterocycles. The third kappa shape index (κ3) is 1.95. The van der Waals surface area contributed by atoms with Gasteiger partial charge < -0.3 is 0 Å². The van der Waals surface area contributed by atoms with E-state index in [9.17, 15) is 0 Å². The first-order valence-corrected chi connectivity index (χ1v) is 12.6. The lowest BCUT2D eigenvalue weighted by Crippen LogP contribution is -2.61. The normalized spacial score (nSPS) is 36.5. The van der Waals surface area contributed by atoms with E-state index in [-0.39, 0.29) is 0 Å². The summed E-state index contributed by atoms with van der Waals surface area (Å²) in [6.07, 6.45) is 5.61. The third-order valence-corrected chi connectivity index (χ3v) is 12.4. The van der Waals surface area contributed by atoms with Crippen LogP contribution in [-0.4, -0.2) is 8.07 Å². The molecular formula is C22H34Si. The minimum Gasteiger partial charge on any atom is -0.0652 e. The van der Waals surface area contributed by atoms with E-state index in [0.717, 1.165) is 0 Å². The average molecular weight is 327 g/mol. The summed E-state index contributed by atoms with van der Waals surface area (Å²) in [5, 5.41) is 1.93. The summed E-state index contributed by atoms with van der Waals surface area (Å²) in [7, 11) is -1.27. The van der Waals surface area contributed by atoms with E-state index < -0.39 is 8.07 Å². The smallest absolute Gasteiger partial charge is 0.0652 e. The largest absolute Gasteiger partial charge is 0.0845 e. The zero-order valence-corrected chi connectivity index (χ0v) is 17.3. The lowest BCUT2D eigenvalue weighted by Gasteiger charge is -2.56. The Morgan fingerprint density at radius 3 is 2.17 bits per heavy atom. The van der Waals surface area contributed by atoms with Gasteiger partial charge >= 0.3 is 0 Å². The van der Waals surface area contributed by atoms with Gasteiger partial charge in [0.05, 0.1) is 8.07 Å². The predicted octanol–water partition coefficient (Wildman–Crippen LogP) is 5.69. The van der Waals surface area contributed by atoms with Crippen molar-refractivity contribution in [3.05, 3.63) is 28.3 Å². The Kier molecular flexibility index (Phi) is 3.00. The van der Waals surface area contributed by atoms with Crippen LogP contribution in [0, 0.1) is 6.92 Å². The first kappa shape index (κ1) is 15.9. The molecule has 0 spiro atoms. The predicted molar refractivity (Wildman–Crippen MR) is 104 cm³/mol. The standard InChI is InChI=1S/C22H34Si/c1-15-14-16-19-18-17(15)21(4,5)8-9-22(18,6)11-13-23(19,7)12-10-20(16,2)3/h14H,8-13H2,1-7H3. The molecule has 0 aromatic heterocycles. The number of hydrogen-bond acceptors (Lipinski definition) is 0.